The molecule has 0 saturated heterocycles. The van der Waals surface area contributed by atoms with Gasteiger partial charge in [-0.05, 0) is 17.0 Å². The first kappa shape index (κ1) is 16.5. The van der Waals surface area contributed by atoms with Gasteiger partial charge in [0.15, 0.2) is 5.78 Å². The van der Waals surface area contributed by atoms with Gasteiger partial charge in [-0.2, -0.15) is 0 Å². The smallest absolute Gasteiger partial charge is 0.317 e. The van der Waals surface area contributed by atoms with Crippen molar-refractivity contribution in [3.05, 3.63) is 67.9 Å². The Morgan fingerprint density at radius 3 is 2.62 bits per heavy atom. The lowest BCUT2D eigenvalue weighted by atomic mass is 9.71. The van der Waals surface area contributed by atoms with Gasteiger partial charge in [0, 0.05) is 17.9 Å². The summed E-state index contributed by atoms with van der Waals surface area (Å²) in [6.45, 7) is 3.90. The number of nitrogens with two attached hydrogens (primary N) is 1. The number of nitrogens with zero attached hydrogens (tertiary/aromatic N) is 1. The highest BCUT2D eigenvalue weighted by Gasteiger charge is 2.47. The van der Waals surface area contributed by atoms with Crippen LogP contribution in [0.1, 0.15) is 38.2 Å². The van der Waals surface area contributed by atoms with Gasteiger partial charge in [-0.15, -0.1) is 0 Å². The molecule has 2 aliphatic rings. The van der Waals surface area contributed by atoms with Crippen LogP contribution in [0.2, 0.25) is 5.02 Å². The monoisotopic (exact) mass is 348 g/mol. The Morgan fingerprint density at radius 2 is 2.00 bits per heavy atom. The summed E-state index contributed by atoms with van der Waals surface area (Å²) >= 11 is 6.25. The molecule has 3 rings (SSSR count). The molecule has 0 unspecified atom stereocenters. The molecule has 0 aromatic heterocycles. The van der Waals surface area contributed by atoms with E-state index in [1.807, 2.05) is 13.8 Å². The molecule has 0 saturated carbocycles. The van der Waals surface area contributed by atoms with E-state index < -0.39 is 10.8 Å². The zero-order chi connectivity index (χ0) is 17.6. The van der Waals surface area contributed by atoms with Crippen molar-refractivity contribution in [2.24, 2.45) is 11.1 Å². The van der Waals surface area contributed by atoms with Crippen LogP contribution in [0.5, 0.6) is 0 Å². The lowest BCUT2D eigenvalue weighted by molar-refractivity contribution is -0.433. The van der Waals surface area contributed by atoms with E-state index in [1.54, 1.807) is 24.3 Å². The van der Waals surface area contributed by atoms with Gasteiger partial charge in [0.25, 0.3) is 5.88 Å². The Bertz CT molecular complexity index is 811. The molecule has 0 bridgehead atoms. The van der Waals surface area contributed by atoms with Crippen LogP contribution < -0.4 is 5.73 Å². The Labute approximate surface area is 144 Å². The van der Waals surface area contributed by atoms with Gasteiger partial charge in [-0.3, -0.25) is 14.9 Å². The Balaban J connectivity index is 2.24. The number of ketones is 1. The van der Waals surface area contributed by atoms with E-state index in [4.69, 9.17) is 22.1 Å². The van der Waals surface area contributed by atoms with Crippen molar-refractivity contribution in [3.8, 4) is 0 Å². The fourth-order valence-electron chi connectivity index (χ4n) is 3.36. The van der Waals surface area contributed by atoms with Crippen LogP contribution in [-0.2, 0) is 9.53 Å². The molecule has 1 aromatic carbocycles. The average molecular weight is 349 g/mol. The van der Waals surface area contributed by atoms with Gasteiger partial charge in [-0.25, -0.2) is 0 Å². The van der Waals surface area contributed by atoms with E-state index in [9.17, 15) is 14.9 Å². The lowest BCUT2D eigenvalue weighted by Gasteiger charge is -2.36. The molecule has 0 amide bonds. The van der Waals surface area contributed by atoms with E-state index >= 15 is 0 Å². The van der Waals surface area contributed by atoms with Crippen LogP contribution in [0.25, 0.3) is 0 Å². The van der Waals surface area contributed by atoms with Crippen molar-refractivity contribution in [2.75, 3.05) is 0 Å². The number of hydrogen-bond acceptors (Lipinski definition) is 5. The average Bonchev–Trinajstić information content (AvgIpc) is 2.44. The van der Waals surface area contributed by atoms with Crippen molar-refractivity contribution < 1.29 is 14.5 Å². The van der Waals surface area contributed by atoms with Gasteiger partial charge in [0.1, 0.15) is 11.7 Å². The summed E-state index contributed by atoms with van der Waals surface area (Å²) in [6, 6.07) is 6.76. The summed E-state index contributed by atoms with van der Waals surface area (Å²) in [6.07, 6.45) is 0.780. The number of rotatable bonds is 2. The Hall–Kier alpha value is -2.34. The van der Waals surface area contributed by atoms with E-state index in [-0.39, 0.29) is 22.8 Å². The molecule has 0 fully saturated rings. The number of hydrogen-bond donors (Lipinski definition) is 1. The number of nitro groups is 1. The van der Waals surface area contributed by atoms with Crippen LogP contribution in [-0.4, -0.2) is 10.7 Å². The molecule has 6 nitrogen and oxygen atoms in total. The fourth-order valence-corrected chi connectivity index (χ4v) is 3.61. The lowest BCUT2D eigenvalue weighted by Crippen LogP contribution is -2.35. The van der Waals surface area contributed by atoms with Crippen molar-refractivity contribution in [1.82, 2.24) is 0 Å². The van der Waals surface area contributed by atoms with Crippen LogP contribution in [0.15, 0.2) is 47.2 Å². The van der Waals surface area contributed by atoms with Crippen LogP contribution in [0.4, 0.5) is 0 Å². The maximum Gasteiger partial charge on any atom is 0.317 e. The number of benzene rings is 1. The molecule has 0 spiro atoms. The van der Waals surface area contributed by atoms with E-state index in [2.05, 4.69) is 0 Å². The summed E-state index contributed by atoms with van der Waals surface area (Å²) in [4.78, 5) is 23.7. The first-order valence-corrected chi connectivity index (χ1v) is 7.91. The molecular formula is C17H17ClN2O4. The first-order chi connectivity index (χ1) is 11.2. The van der Waals surface area contributed by atoms with Crippen molar-refractivity contribution in [2.45, 2.75) is 32.6 Å². The molecular weight excluding hydrogens is 332 g/mol. The highest BCUT2D eigenvalue weighted by Crippen LogP contribution is 2.49. The maximum absolute atomic E-state index is 12.7. The Kier molecular flexibility index (Phi) is 3.87. The topological polar surface area (TPSA) is 95.5 Å². The van der Waals surface area contributed by atoms with E-state index in [1.165, 1.54) is 0 Å². The maximum atomic E-state index is 12.7. The molecule has 0 radical (unpaired) electrons. The highest BCUT2D eigenvalue weighted by molar-refractivity contribution is 6.31. The van der Waals surface area contributed by atoms with Crippen LogP contribution in [0.3, 0.4) is 0 Å². The van der Waals surface area contributed by atoms with Crippen molar-refractivity contribution >= 4 is 17.4 Å². The summed E-state index contributed by atoms with van der Waals surface area (Å²) in [7, 11) is 0. The van der Waals surface area contributed by atoms with Crippen molar-refractivity contribution in [1.29, 1.82) is 0 Å². The predicted molar refractivity (Wildman–Crippen MR) is 88.5 cm³/mol. The van der Waals surface area contributed by atoms with Gasteiger partial charge in [0.2, 0.25) is 0 Å². The molecule has 126 valence electrons. The van der Waals surface area contributed by atoms with E-state index in [0.29, 0.717) is 34.8 Å². The Morgan fingerprint density at radius 1 is 1.33 bits per heavy atom. The highest BCUT2D eigenvalue weighted by atomic mass is 35.5. The number of ether oxygens (including phenoxy) is 1. The van der Waals surface area contributed by atoms with E-state index in [0.717, 1.165) is 0 Å². The number of carbonyl (C=O) groups is 1. The molecule has 1 aliphatic heterocycles. The number of carbonyl (C=O) groups excluding carboxylic acids is 1. The van der Waals surface area contributed by atoms with Crippen molar-refractivity contribution in [3.63, 3.8) is 0 Å². The van der Waals surface area contributed by atoms with Gasteiger partial charge >= 0.3 is 5.70 Å². The largest absolute Gasteiger partial charge is 0.440 e. The third-order valence-corrected chi connectivity index (χ3v) is 4.68. The summed E-state index contributed by atoms with van der Waals surface area (Å²) < 4.78 is 5.49. The zero-order valence-corrected chi connectivity index (χ0v) is 14.1. The second-order valence-electron chi connectivity index (χ2n) is 6.84. The van der Waals surface area contributed by atoms with Crippen LogP contribution >= 0.6 is 11.6 Å². The summed E-state index contributed by atoms with van der Waals surface area (Å²) in [5.41, 5.74) is 5.98. The molecule has 2 N–H and O–H groups in total. The molecule has 7 heteroatoms. The minimum Gasteiger partial charge on any atom is -0.440 e. The van der Waals surface area contributed by atoms with Gasteiger partial charge in [-0.1, -0.05) is 43.6 Å². The molecule has 1 heterocycles. The number of halogens is 1. The predicted octanol–water partition coefficient (Wildman–Crippen LogP) is 3.50. The van der Waals surface area contributed by atoms with Gasteiger partial charge < -0.3 is 10.5 Å². The second-order valence-corrected chi connectivity index (χ2v) is 7.25. The third-order valence-electron chi connectivity index (χ3n) is 4.34. The molecule has 1 atom stereocenters. The quantitative estimate of drug-likeness (QED) is 0.651. The zero-order valence-electron chi connectivity index (χ0n) is 13.3. The number of Topliss-reactive ketones (excluding diaryl/α,β-unsaturated/α-hetero) is 1. The number of allylic oxidation sites excluding steroid dienone is 2. The second kappa shape index (κ2) is 5.63. The minimum absolute atomic E-state index is 0.169. The molecule has 24 heavy (non-hydrogen) atoms. The summed E-state index contributed by atoms with van der Waals surface area (Å²) in [5, 5.41) is 11.9. The summed E-state index contributed by atoms with van der Waals surface area (Å²) in [5.74, 6) is -0.961. The van der Waals surface area contributed by atoms with Gasteiger partial charge in [0.05, 0.1) is 10.5 Å². The standard InChI is InChI=1S/C17H17ClN2O4/c1-17(2)7-11(21)14-12(8-17)24-16(19)15(20(22)23)13(14)9-5-3-4-6-10(9)18/h3-6,13H,7-8,19H2,1-2H3/t13-/m0/s1. The SMILES string of the molecule is CC1(C)CC(=O)C2=C(C1)OC(N)=C([N+](=O)[O-])[C@H]2c1ccccc1Cl. The normalized spacial score (nSPS) is 23.0. The third kappa shape index (κ3) is 2.67. The molecule has 1 aromatic rings. The van der Waals surface area contributed by atoms with Crippen LogP contribution in [0, 0.1) is 15.5 Å². The minimum atomic E-state index is -0.916. The first-order valence-electron chi connectivity index (χ1n) is 7.54. The fraction of sp³-hybridized carbons (Fsp3) is 0.353. The molecule has 1 aliphatic carbocycles.